The number of benzene rings is 1. The van der Waals surface area contributed by atoms with Gasteiger partial charge in [0.15, 0.2) is 28.9 Å². The van der Waals surface area contributed by atoms with E-state index < -0.39 is 67.0 Å². The van der Waals surface area contributed by atoms with Crippen molar-refractivity contribution in [1.82, 2.24) is 4.90 Å². The van der Waals surface area contributed by atoms with Gasteiger partial charge in [0.25, 0.3) is 5.91 Å². The van der Waals surface area contributed by atoms with Gasteiger partial charge in [-0.1, -0.05) is 42.2 Å². The van der Waals surface area contributed by atoms with E-state index >= 15 is 0 Å². The quantitative estimate of drug-likeness (QED) is 0.191. The zero-order valence-corrected chi connectivity index (χ0v) is 23.4. The summed E-state index contributed by atoms with van der Waals surface area (Å²) in [4.78, 5) is 62.6. The molecule has 2 heterocycles. The van der Waals surface area contributed by atoms with E-state index in [2.05, 4.69) is 0 Å². The van der Waals surface area contributed by atoms with Gasteiger partial charge < -0.3 is 28.4 Å². The first-order valence-electron chi connectivity index (χ1n) is 11.6. The van der Waals surface area contributed by atoms with Gasteiger partial charge in [-0.3, -0.25) is 28.9 Å². The summed E-state index contributed by atoms with van der Waals surface area (Å²) in [5, 5.41) is 0. The minimum absolute atomic E-state index is 0.0575. The lowest BCUT2D eigenvalue weighted by Crippen LogP contribution is -2.66. The molecule has 5 atom stereocenters. The van der Waals surface area contributed by atoms with Crippen molar-refractivity contribution in [2.24, 2.45) is 0 Å². The van der Waals surface area contributed by atoms with Crippen molar-refractivity contribution in [2.75, 3.05) is 13.7 Å². The highest BCUT2D eigenvalue weighted by molar-refractivity contribution is 8.26. The van der Waals surface area contributed by atoms with Gasteiger partial charge in [0.1, 0.15) is 18.5 Å². The Kier molecular flexibility index (Phi) is 10.1. The molecule has 0 N–H and O–H groups in total. The van der Waals surface area contributed by atoms with Crippen molar-refractivity contribution >= 4 is 64.2 Å². The fourth-order valence-electron chi connectivity index (χ4n) is 4.04. The first kappa shape index (κ1) is 30.1. The van der Waals surface area contributed by atoms with Crippen molar-refractivity contribution in [3.05, 3.63) is 34.7 Å². The predicted octanol–water partition coefficient (Wildman–Crippen LogP) is 1.98. The van der Waals surface area contributed by atoms with Crippen LogP contribution < -0.4 is 4.74 Å². The lowest BCUT2D eigenvalue weighted by Gasteiger charge is -2.46. The molecule has 0 spiro atoms. The number of nitrogens with zero attached hydrogens (tertiary/aromatic N) is 1. The van der Waals surface area contributed by atoms with Crippen LogP contribution in [-0.4, -0.2) is 83.4 Å². The Labute approximate surface area is 233 Å². The van der Waals surface area contributed by atoms with Crippen molar-refractivity contribution in [2.45, 2.75) is 58.3 Å². The Morgan fingerprint density at radius 1 is 0.949 bits per heavy atom. The summed E-state index contributed by atoms with van der Waals surface area (Å²) in [5.74, 6) is -3.07. The number of carbonyl (C=O) groups is 5. The average molecular weight is 582 g/mol. The van der Waals surface area contributed by atoms with Gasteiger partial charge >= 0.3 is 23.9 Å². The van der Waals surface area contributed by atoms with Crippen LogP contribution in [0.25, 0.3) is 6.08 Å². The Bertz CT molecular complexity index is 1200. The smallest absolute Gasteiger partial charge is 0.303 e. The second-order valence-corrected chi connectivity index (χ2v) is 10.1. The van der Waals surface area contributed by atoms with E-state index in [1.54, 1.807) is 30.3 Å². The third-order valence-electron chi connectivity index (χ3n) is 5.47. The summed E-state index contributed by atoms with van der Waals surface area (Å²) in [6, 6.07) is 7.03. The average Bonchev–Trinajstić information content (AvgIpc) is 3.12. The molecule has 1 aromatic carbocycles. The van der Waals surface area contributed by atoms with Gasteiger partial charge in [0.2, 0.25) is 0 Å². The Balaban J connectivity index is 2.07. The first-order valence-corrected chi connectivity index (χ1v) is 12.9. The maximum absolute atomic E-state index is 13.6. The van der Waals surface area contributed by atoms with E-state index in [0.717, 1.165) is 44.4 Å². The molecule has 0 aliphatic carbocycles. The predicted molar refractivity (Wildman–Crippen MR) is 140 cm³/mol. The molecule has 39 heavy (non-hydrogen) atoms. The molecule has 14 heteroatoms. The maximum Gasteiger partial charge on any atom is 0.303 e. The van der Waals surface area contributed by atoms with Crippen LogP contribution in [0.4, 0.5) is 0 Å². The standard InChI is InChI=1S/C25H27NO11S2/c1-12(27)33-11-18-20(34-13(2)28)21(35-14(3)29)22(36-15(4)30)24(37-18)26-23(31)19(39-25(26)38)10-16-8-6-7-9-17(16)32-5/h6-10,18,20-22,24H,11H2,1-5H3/b19-10+/t18-,20+,21+,22+,24-/m1/s1. The number of hydrogen-bond acceptors (Lipinski definition) is 13. The van der Waals surface area contributed by atoms with Crippen molar-refractivity contribution in [3.8, 4) is 5.75 Å². The lowest BCUT2D eigenvalue weighted by atomic mass is 9.96. The molecule has 2 aliphatic rings. The van der Waals surface area contributed by atoms with Gasteiger partial charge in [-0.2, -0.15) is 0 Å². The van der Waals surface area contributed by atoms with E-state index in [-0.39, 0.29) is 9.23 Å². The maximum atomic E-state index is 13.6. The lowest BCUT2D eigenvalue weighted by molar-refractivity contribution is -0.268. The summed E-state index contributed by atoms with van der Waals surface area (Å²) in [7, 11) is 1.50. The van der Waals surface area contributed by atoms with Crippen LogP contribution in [0.5, 0.6) is 5.75 Å². The molecule has 0 bridgehead atoms. The molecule has 2 fully saturated rings. The second-order valence-electron chi connectivity index (χ2n) is 8.38. The summed E-state index contributed by atoms with van der Waals surface area (Å²) in [6.45, 7) is 4.07. The molecule has 12 nitrogen and oxygen atoms in total. The van der Waals surface area contributed by atoms with Crippen LogP contribution in [0.3, 0.4) is 0 Å². The largest absolute Gasteiger partial charge is 0.496 e. The van der Waals surface area contributed by atoms with Crippen LogP contribution in [-0.2, 0) is 47.7 Å². The van der Waals surface area contributed by atoms with Crippen LogP contribution in [0.2, 0.25) is 0 Å². The van der Waals surface area contributed by atoms with E-state index in [4.69, 9.17) is 40.6 Å². The minimum atomic E-state index is -1.46. The number of rotatable bonds is 8. The van der Waals surface area contributed by atoms with Gasteiger partial charge in [-0.05, 0) is 12.1 Å². The molecule has 210 valence electrons. The van der Waals surface area contributed by atoms with Crippen LogP contribution >= 0.6 is 24.0 Å². The summed E-state index contributed by atoms with van der Waals surface area (Å²) < 4.78 is 32.8. The highest BCUT2D eigenvalue weighted by Crippen LogP contribution is 2.40. The summed E-state index contributed by atoms with van der Waals surface area (Å²) >= 11 is 6.46. The fourth-order valence-corrected chi connectivity index (χ4v) is 5.34. The zero-order valence-electron chi connectivity index (χ0n) is 21.7. The number of carbonyl (C=O) groups excluding carboxylic acids is 5. The highest BCUT2D eigenvalue weighted by Gasteiger charge is 2.56. The third-order valence-corrected chi connectivity index (χ3v) is 6.80. The highest BCUT2D eigenvalue weighted by atomic mass is 32.2. The zero-order chi connectivity index (χ0) is 28.9. The number of ether oxygens (including phenoxy) is 6. The molecule has 1 amide bonds. The second kappa shape index (κ2) is 13.0. The van der Waals surface area contributed by atoms with Gasteiger partial charge in [0.05, 0.1) is 12.0 Å². The molecule has 0 saturated carbocycles. The normalized spacial score (nSPS) is 25.7. The SMILES string of the molecule is COc1ccccc1/C=C1/SC(=S)N([C@@H]2O[C@H](COC(C)=O)[C@H](OC(C)=O)[C@H](OC(C)=O)[C@@H]2OC(C)=O)C1=O. The molecule has 2 aliphatic heterocycles. The number of thiocarbonyl (C=S) groups is 1. The molecule has 0 aromatic heterocycles. The number of amides is 1. The van der Waals surface area contributed by atoms with Crippen molar-refractivity contribution in [1.29, 1.82) is 0 Å². The summed E-state index contributed by atoms with van der Waals surface area (Å²) in [6.07, 6.45) is -5.31. The number of para-hydroxylation sites is 1. The van der Waals surface area contributed by atoms with Crippen LogP contribution in [0, 0.1) is 0 Å². The molecular weight excluding hydrogens is 554 g/mol. The molecule has 1 aromatic rings. The van der Waals surface area contributed by atoms with E-state index in [9.17, 15) is 24.0 Å². The van der Waals surface area contributed by atoms with E-state index in [0.29, 0.717) is 11.3 Å². The van der Waals surface area contributed by atoms with Crippen molar-refractivity contribution < 1.29 is 52.4 Å². The third kappa shape index (κ3) is 7.34. The molecule has 3 rings (SSSR count). The number of thioether (sulfide) groups is 1. The molecule has 0 unspecified atom stereocenters. The van der Waals surface area contributed by atoms with Crippen LogP contribution in [0.1, 0.15) is 33.3 Å². The molecular formula is C25H27NO11S2. The van der Waals surface area contributed by atoms with Crippen molar-refractivity contribution in [3.63, 3.8) is 0 Å². The van der Waals surface area contributed by atoms with E-state index in [1.807, 2.05) is 0 Å². The van der Waals surface area contributed by atoms with E-state index in [1.165, 1.54) is 7.11 Å². The fraction of sp³-hybridized carbons (Fsp3) is 0.440. The Morgan fingerprint density at radius 3 is 2.13 bits per heavy atom. The molecule has 0 radical (unpaired) electrons. The minimum Gasteiger partial charge on any atom is -0.496 e. The number of hydrogen-bond donors (Lipinski definition) is 0. The number of esters is 4. The topological polar surface area (TPSA) is 144 Å². The Morgan fingerprint density at radius 2 is 1.54 bits per heavy atom. The van der Waals surface area contributed by atoms with Gasteiger partial charge in [-0.15, -0.1) is 0 Å². The summed E-state index contributed by atoms with van der Waals surface area (Å²) in [5.41, 5.74) is 0.613. The van der Waals surface area contributed by atoms with Crippen LogP contribution in [0.15, 0.2) is 29.2 Å². The first-order chi connectivity index (χ1) is 18.4. The van der Waals surface area contributed by atoms with Gasteiger partial charge in [-0.25, -0.2) is 0 Å². The number of methoxy groups -OCH3 is 1. The Hall–Kier alpha value is -3.49. The monoisotopic (exact) mass is 581 g/mol. The molecule has 2 saturated heterocycles. The van der Waals surface area contributed by atoms with Gasteiger partial charge in [0, 0.05) is 33.3 Å².